The summed E-state index contributed by atoms with van der Waals surface area (Å²) in [4.78, 5) is 25.3. The maximum atomic E-state index is 13.9. The number of ether oxygens (including phenoxy) is 1. The van der Waals surface area contributed by atoms with Gasteiger partial charge in [0.1, 0.15) is 11.6 Å². The van der Waals surface area contributed by atoms with Crippen LogP contribution in [-0.4, -0.2) is 65.6 Å². The molecular weight excluding hydrogens is 371 g/mol. The van der Waals surface area contributed by atoms with E-state index in [-0.39, 0.29) is 11.7 Å². The smallest absolute Gasteiger partial charge is 0.257 e. The number of aryl methyl sites for hydroxylation is 1. The Morgan fingerprint density at radius 2 is 1.93 bits per heavy atom. The van der Waals surface area contributed by atoms with Crippen LogP contribution in [0.15, 0.2) is 36.7 Å². The summed E-state index contributed by atoms with van der Waals surface area (Å²) in [5.74, 6) is 0.855. The van der Waals surface area contributed by atoms with E-state index in [2.05, 4.69) is 14.9 Å². The van der Waals surface area contributed by atoms with Crippen molar-refractivity contribution in [2.75, 3.05) is 39.9 Å². The molecule has 29 heavy (non-hydrogen) atoms. The van der Waals surface area contributed by atoms with Crippen molar-refractivity contribution in [3.63, 3.8) is 0 Å². The van der Waals surface area contributed by atoms with Crippen LogP contribution in [0.1, 0.15) is 34.6 Å². The summed E-state index contributed by atoms with van der Waals surface area (Å²) in [6.07, 6.45) is 5.13. The molecule has 0 bridgehead atoms. The van der Waals surface area contributed by atoms with Crippen LogP contribution in [0.3, 0.4) is 0 Å². The molecule has 0 unspecified atom stereocenters. The fourth-order valence-corrected chi connectivity index (χ4v) is 3.67. The van der Waals surface area contributed by atoms with Crippen molar-refractivity contribution >= 4 is 5.91 Å². The van der Waals surface area contributed by atoms with Crippen molar-refractivity contribution in [2.24, 2.45) is 5.92 Å². The van der Waals surface area contributed by atoms with Gasteiger partial charge >= 0.3 is 0 Å². The van der Waals surface area contributed by atoms with E-state index in [1.807, 2.05) is 17.0 Å². The quantitative estimate of drug-likeness (QED) is 0.682. The van der Waals surface area contributed by atoms with E-state index >= 15 is 0 Å². The molecule has 0 spiro atoms. The van der Waals surface area contributed by atoms with Crippen LogP contribution in [0.25, 0.3) is 0 Å². The van der Waals surface area contributed by atoms with Gasteiger partial charge in [-0.2, -0.15) is 0 Å². The number of benzene rings is 1. The van der Waals surface area contributed by atoms with E-state index in [9.17, 15) is 9.18 Å². The van der Waals surface area contributed by atoms with E-state index in [1.54, 1.807) is 32.5 Å². The van der Waals surface area contributed by atoms with Gasteiger partial charge in [0.15, 0.2) is 0 Å². The molecule has 1 aromatic carbocycles. The normalized spacial score (nSPS) is 15.4. The first-order valence-electron chi connectivity index (χ1n) is 10.1. The number of hydrogen-bond acceptors (Lipinski definition) is 5. The molecule has 0 aliphatic carbocycles. The molecule has 1 aromatic heterocycles. The lowest BCUT2D eigenvalue weighted by Gasteiger charge is -2.35. The van der Waals surface area contributed by atoms with E-state index < -0.39 is 0 Å². The highest BCUT2D eigenvalue weighted by atomic mass is 19.1. The van der Waals surface area contributed by atoms with Gasteiger partial charge in [-0.05, 0) is 44.8 Å². The number of halogens is 1. The summed E-state index contributed by atoms with van der Waals surface area (Å²) < 4.78 is 19.1. The summed E-state index contributed by atoms with van der Waals surface area (Å²) >= 11 is 0. The second kappa shape index (κ2) is 10.4. The first-order chi connectivity index (χ1) is 14.1. The molecule has 1 aliphatic rings. The summed E-state index contributed by atoms with van der Waals surface area (Å²) in [6.45, 7) is 5.95. The Kier molecular flexibility index (Phi) is 7.66. The number of rotatable bonds is 8. The summed E-state index contributed by atoms with van der Waals surface area (Å²) in [5, 5.41) is 0. The number of piperidine rings is 1. The number of carbonyl (C=O) groups is 1. The van der Waals surface area contributed by atoms with Gasteiger partial charge in [0.05, 0.1) is 12.2 Å². The summed E-state index contributed by atoms with van der Waals surface area (Å²) in [5.41, 5.74) is 1.24. The van der Waals surface area contributed by atoms with Gasteiger partial charge in [0, 0.05) is 44.7 Å². The lowest BCUT2D eigenvalue weighted by atomic mass is 9.95. The van der Waals surface area contributed by atoms with Gasteiger partial charge in [0.25, 0.3) is 5.91 Å². The number of aromatic nitrogens is 2. The molecule has 0 saturated carbocycles. The van der Waals surface area contributed by atoms with Crippen LogP contribution in [0.2, 0.25) is 0 Å². The van der Waals surface area contributed by atoms with Crippen LogP contribution in [0, 0.1) is 18.7 Å². The largest absolute Gasteiger partial charge is 0.383 e. The number of methoxy groups -OCH3 is 1. The van der Waals surface area contributed by atoms with Crippen molar-refractivity contribution in [2.45, 2.75) is 26.3 Å². The molecule has 2 heterocycles. The van der Waals surface area contributed by atoms with Gasteiger partial charge in [0.2, 0.25) is 0 Å². The van der Waals surface area contributed by atoms with Crippen molar-refractivity contribution in [1.29, 1.82) is 0 Å². The number of hydrogen-bond donors (Lipinski definition) is 0. The highest BCUT2D eigenvalue weighted by Crippen LogP contribution is 2.21. The summed E-state index contributed by atoms with van der Waals surface area (Å²) in [7, 11) is 1.64. The monoisotopic (exact) mass is 400 g/mol. The fourth-order valence-electron chi connectivity index (χ4n) is 3.67. The Hall–Kier alpha value is -2.38. The Morgan fingerprint density at radius 1 is 1.24 bits per heavy atom. The number of amides is 1. The molecular formula is C22H29FN4O2. The van der Waals surface area contributed by atoms with E-state index in [4.69, 9.17) is 4.74 Å². The molecule has 2 aromatic rings. The van der Waals surface area contributed by atoms with E-state index in [0.29, 0.717) is 43.5 Å². The highest BCUT2D eigenvalue weighted by molar-refractivity contribution is 5.93. The van der Waals surface area contributed by atoms with Crippen LogP contribution in [-0.2, 0) is 11.3 Å². The molecule has 6 nitrogen and oxygen atoms in total. The van der Waals surface area contributed by atoms with Crippen molar-refractivity contribution in [3.8, 4) is 0 Å². The standard InChI is InChI=1S/C22H29FN4O2/c1-17-24-13-20(14-25-17)22(28)27(11-12-29-2)15-18-7-9-26(10-8-18)16-19-5-3-4-6-21(19)23/h3-6,13-14,18H,7-12,15-16H2,1-2H3. The van der Waals surface area contributed by atoms with Crippen molar-refractivity contribution < 1.29 is 13.9 Å². The minimum atomic E-state index is -0.147. The molecule has 7 heteroatoms. The zero-order valence-electron chi connectivity index (χ0n) is 17.2. The maximum absolute atomic E-state index is 13.9. The Bertz CT molecular complexity index is 792. The van der Waals surface area contributed by atoms with Gasteiger partial charge in [-0.1, -0.05) is 18.2 Å². The Morgan fingerprint density at radius 3 is 2.59 bits per heavy atom. The predicted molar refractivity (Wildman–Crippen MR) is 109 cm³/mol. The molecule has 0 atom stereocenters. The fraction of sp³-hybridized carbons (Fsp3) is 0.500. The minimum absolute atomic E-state index is 0.0594. The third-order valence-electron chi connectivity index (χ3n) is 5.42. The SMILES string of the molecule is COCCN(CC1CCN(Cc2ccccc2F)CC1)C(=O)c1cnc(C)nc1. The van der Waals surface area contributed by atoms with E-state index in [0.717, 1.165) is 31.5 Å². The lowest BCUT2D eigenvalue weighted by Crippen LogP contribution is -2.42. The predicted octanol–water partition coefficient (Wildman–Crippen LogP) is 2.92. The molecule has 0 N–H and O–H groups in total. The number of likely N-dealkylation sites (tertiary alicyclic amines) is 1. The second-order valence-corrected chi connectivity index (χ2v) is 7.57. The molecule has 1 amide bonds. The lowest BCUT2D eigenvalue weighted by molar-refractivity contribution is 0.0616. The molecule has 1 aliphatic heterocycles. The van der Waals surface area contributed by atoms with Crippen molar-refractivity contribution in [3.05, 3.63) is 59.4 Å². The minimum Gasteiger partial charge on any atom is -0.383 e. The van der Waals surface area contributed by atoms with E-state index in [1.165, 1.54) is 6.07 Å². The Labute approximate surface area is 171 Å². The maximum Gasteiger partial charge on any atom is 0.257 e. The molecule has 3 rings (SSSR count). The zero-order chi connectivity index (χ0) is 20.6. The van der Waals surface area contributed by atoms with Gasteiger partial charge < -0.3 is 9.64 Å². The third-order valence-corrected chi connectivity index (χ3v) is 5.42. The average molecular weight is 400 g/mol. The first-order valence-corrected chi connectivity index (χ1v) is 10.1. The van der Waals surface area contributed by atoms with Gasteiger partial charge in [-0.3, -0.25) is 9.69 Å². The number of carbonyl (C=O) groups excluding carboxylic acids is 1. The molecule has 156 valence electrons. The molecule has 0 radical (unpaired) electrons. The average Bonchev–Trinajstić information content (AvgIpc) is 2.74. The van der Waals surface area contributed by atoms with Crippen LogP contribution in [0.4, 0.5) is 4.39 Å². The topological polar surface area (TPSA) is 58.6 Å². The summed E-state index contributed by atoms with van der Waals surface area (Å²) in [6, 6.07) is 6.95. The molecule has 1 saturated heterocycles. The molecule has 1 fully saturated rings. The van der Waals surface area contributed by atoms with Gasteiger partial charge in [-0.25, -0.2) is 14.4 Å². The highest BCUT2D eigenvalue weighted by Gasteiger charge is 2.25. The van der Waals surface area contributed by atoms with Crippen LogP contribution in [0.5, 0.6) is 0 Å². The van der Waals surface area contributed by atoms with Crippen molar-refractivity contribution in [1.82, 2.24) is 19.8 Å². The Balaban J connectivity index is 1.56. The van der Waals surface area contributed by atoms with Crippen LogP contribution >= 0.6 is 0 Å². The van der Waals surface area contributed by atoms with Gasteiger partial charge in [-0.15, -0.1) is 0 Å². The second-order valence-electron chi connectivity index (χ2n) is 7.57. The zero-order valence-corrected chi connectivity index (χ0v) is 17.2. The van der Waals surface area contributed by atoms with Crippen LogP contribution < -0.4 is 0 Å². The number of nitrogens with zero attached hydrogens (tertiary/aromatic N) is 4. The first kappa shape index (κ1) is 21.3. The third kappa shape index (κ3) is 6.05.